The summed E-state index contributed by atoms with van der Waals surface area (Å²) in [5.41, 5.74) is 4.82. The second kappa shape index (κ2) is 7.05. The van der Waals surface area contributed by atoms with E-state index in [9.17, 15) is 9.18 Å². The van der Waals surface area contributed by atoms with Crippen molar-refractivity contribution in [3.63, 3.8) is 0 Å². The molecule has 7 heteroatoms. The molecule has 0 radical (unpaired) electrons. The molecular weight excluding hydrogens is 379 g/mol. The molecule has 0 saturated heterocycles. The summed E-state index contributed by atoms with van der Waals surface area (Å²) >= 11 is 6.12. The molecule has 1 amide bonds. The quantitative estimate of drug-likeness (QED) is 0.527. The molecule has 1 heterocycles. The predicted molar refractivity (Wildman–Crippen MR) is 108 cm³/mol. The Bertz CT molecular complexity index is 1200. The zero-order chi connectivity index (χ0) is 19.8. The zero-order valence-corrected chi connectivity index (χ0v) is 16.0. The number of hydrogen-bond donors (Lipinski definition) is 1. The SMILES string of the molecule is Cc1ccc(C(=O)Nc2cc3nn(-c4ccc(F)cc4)nc3cc2C)cc1Cl. The second-order valence-electron chi connectivity index (χ2n) is 6.54. The van der Waals surface area contributed by atoms with Gasteiger partial charge in [-0.05, 0) is 73.5 Å². The van der Waals surface area contributed by atoms with Crippen LogP contribution in [0, 0.1) is 19.7 Å². The van der Waals surface area contributed by atoms with E-state index < -0.39 is 0 Å². The van der Waals surface area contributed by atoms with E-state index >= 15 is 0 Å². The smallest absolute Gasteiger partial charge is 0.255 e. The van der Waals surface area contributed by atoms with Crippen molar-refractivity contribution in [2.24, 2.45) is 0 Å². The summed E-state index contributed by atoms with van der Waals surface area (Å²) in [7, 11) is 0. The first kappa shape index (κ1) is 18.1. The van der Waals surface area contributed by atoms with Crippen LogP contribution in [0.5, 0.6) is 0 Å². The van der Waals surface area contributed by atoms with E-state index in [0.29, 0.717) is 33.0 Å². The molecule has 28 heavy (non-hydrogen) atoms. The second-order valence-corrected chi connectivity index (χ2v) is 6.95. The maximum Gasteiger partial charge on any atom is 0.255 e. The van der Waals surface area contributed by atoms with Gasteiger partial charge in [0, 0.05) is 16.3 Å². The highest BCUT2D eigenvalue weighted by Gasteiger charge is 2.13. The van der Waals surface area contributed by atoms with Gasteiger partial charge in [-0.2, -0.15) is 4.80 Å². The molecule has 0 aliphatic carbocycles. The van der Waals surface area contributed by atoms with Gasteiger partial charge in [0.05, 0.1) is 5.69 Å². The summed E-state index contributed by atoms with van der Waals surface area (Å²) < 4.78 is 13.1. The van der Waals surface area contributed by atoms with Crippen molar-refractivity contribution in [3.8, 4) is 5.69 Å². The lowest BCUT2D eigenvalue weighted by atomic mass is 10.1. The first-order chi connectivity index (χ1) is 13.4. The van der Waals surface area contributed by atoms with Crippen LogP contribution in [-0.4, -0.2) is 20.9 Å². The van der Waals surface area contributed by atoms with Gasteiger partial charge in [-0.15, -0.1) is 10.2 Å². The Morgan fingerprint density at radius 1 is 0.964 bits per heavy atom. The molecule has 0 spiro atoms. The number of aromatic nitrogens is 3. The third-order valence-corrected chi connectivity index (χ3v) is 4.87. The first-order valence-corrected chi connectivity index (χ1v) is 8.99. The minimum Gasteiger partial charge on any atom is -0.322 e. The number of hydrogen-bond acceptors (Lipinski definition) is 3. The van der Waals surface area contributed by atoms with E-state index in [4.69, 9.17) is 11.6 Å². The number of halogens is 2. The van der Waals surface area contributed by atoms with Gasteiger partial charge in [-0.1, -0.05) is 17.7 Å². The van der Waals surface area contributed by atoms with E-state index in [2.05, 4.69) is 15.5 Å². The van der Waals surface area contributed by atoms with Crippen molar-refractivity contribution in [1.29, 1.82) is 0 Å². The third-order valence-electron chi connectivity index (χ3n) is 4.47. The van der Waals surface area contributed by atoms with Crippen LogP contribution >= 0.6 is 11.6 Å². The summed E-state index contributed by atoms with van der Waals surface area (Å²) in [5, 5.41) is 12.3. The molecule has 1 N–H and O–H groups in total. The van der Waals surface area contributed by atoms with Crippen LogP contribution in [0.4, 0.5) is 10.1 Å². The van der Waals surface area contributed by atoms with Gasteiger partial charge >= 0.3 is 0 Å². The fourth-order valence-corrected chi connectivity index (χ4v) is 3.00. The summed E-state index contributed by atoms with van der Waals surface area (Å²) in [4.78, 5) is 14.0. The van der Waals surface area contributed by atoms with Gasteiger partial charge in [-0.25, -0.2) is 4.39 Å². The Balaban J connectivity index is 1.65. The van der Waals surface area contributed by atoms with Crippen molar-refractivity contribution in [2.45, 2.75) is 13.8 Å². The lowest BCUT2D eigenvalue weighted by Gasteiger charge is -2.09. The monoisotopic (exact) mass is 394 g/mol. The molecule has 5 nitrogen and oxygen atoms in total. The van der Waals surface area contributed by atoms with Crippen LogP contribution in [0.1, 0.15) is 21.5 Å². The molecule has 0 fully saturated rings. The van der Waals surface area contributed by atoms with Crippen LogP contribution in [0.15, 0.2) is 54.6 Å². The van der Waals surface area contributed by atoms with Crippen LogP contribution in [0.2, 0.25) is 5.02 Å². The van der Waals surface area contributed by atoms with Gasteiger partial charge in [0.1, 0.15) is 16.9 Å². The van der Waals surface area contributed by atoms with E-state index in [-0.39, 0.29) is 11.7 Å². The Kier molecular flexibility index (Phi) is 4.57. The lowest BCUT2D eigenvalue weighted by molar-refractivity contribution is 0.102. The Morgan fingerprint density at radius 2 is 1.64 bits per heavy atom. The molecular formula is C21H16ClFN4O. The van der Waals surface area contributed by atoms with E-state index in [1.165, 1.54) is 16.9 Å². The van der Waals surface area contributed by atoms with E-state index in [1.54, 1.807) is 30.3 Å². The molecule has 0 aliphatic rings. The molecule has 0 unspecified atom stereocenters. The van der Waals surface area contributed by atoms with Crippen molar-refractivity contribution >= 4 is 34.2 Å². The summed E-state index contributed by atoms with van der Waals surface area (Å²) in [6, 6.07) is 14.7. The number of aryl methyl sites for hydroxylation is 2. The topological polar surface area (TPSA) is 59.8 Å². The van der Waals surface area contributed by atoms with Gasteiger partial charge in [-0.3, -0.25) is 4.79 Å². The largest absolute Gasteiger partial charge is 0.322 e. The van der Waals surface area contributed by atoms with E-state index in [0.717, 1.165) is 11.1 Å². The normalized spacial score (nSPS) is 11.0. The summed E-state index contributed by atoms with van der Waals surface area (Å²) in [5.74, 6) is -0.576. The van der Waals surface area contributed by atoms with Crippen LogP contribution in [0.25, 0.3) is 16.7 Å². The Hall–Kier alpha value is -3.25. The maximum atomic E-state index is 13.1. The Labute approximate surface area is 165 Å². The lowest BCUT2D eigenvalue weighted by Crippen LogP contribution is -2.12. The average molecular weight is 395 g/mol. The highest BCUT2D eigenvalue weighted by molar-refractivity contribution is 6.31. The number of amides is 1. The summed E-state index contributed by atoms with van der Waals surface area (Å²) in [6.07, 6.45) is 0. The fraction of sp³-hybridized carbons (Fsp3) is 0.0952. The maximum absolute atomic E-state index is 13.1. The van der Waals surface area contributed by atoms with Crippen molar-refractivity contribution in [2.75, 3.05) is 5.32 Å². The molecule has 0 atom stereocenters. The zero-order valence-electron chi connectivity index (χ0n) is 15.2. The minimum atomic E-state index is -0.322. The minimum absolute atomic E-state index is 0.254. The highest BCUT2D eigenvalue weighted by atomic mass is 35.5. The predicted octanol–water partition coefficient (Wildman–Crippen LogP) is 5.08. The molecule has 140 valence electrons. The van der Waals surface area contributed by atoms with Crippen LogP contribution in [0.3, 0.4) is 0 Å². The van der Waals surface area contributed by atoms with Crippen molar-refractivity contribution in [1.82, 2.24) is 15.0 Å². The molecule has 4 rings (SSSR count). The number of benzene rings is 3. The van der Waals surface area contributed by atoms with E-state index in [1.807, 2.05) is 26.0 Å². The van der Waals surface area contributed by atoms with Crippen LogP contribution < -0.4 is 5.32 Å². The van der Waals surface area contributed by atoms with Gasteiger partial charge in [0.15, 0.2) is 0 Å². The molecule has 0 bridgehead atoms. The van der Waals surface area contributed by atoms with Gasteiger partial charge in [0.2, 0.25) is 0 Å². The molecule has 0 saturated carbocycles. The Morgan fingerprint density at radius 3 is 2.32 bits per heavy atom. The fourth-order valence-electron chi connectivity index (χ4n) is 2.82. The first-order valence-electron chi connectivity index (χ1n) is 8.62. The third kappa shape index (κ3) is 3.46. The summed E-state index contributed by atoms with van der Waals surface area (Å²) in [6.45, 7) is 3.76. The molecule has 0 aliphatic heterocycles. The number of carbonyl (C=O) groups is 1. The number of carbonyl (C=O) groups excluding carboxylic acids is 1. The number of fused-ring (bicyclic) bond motifs is 1. The number of anilines is 1. The number of nitrogens with zero attached hydrogens (tertiary/aromatic N) is 3. The highest BCUT2D eigenvalue weighted by Crippen LogP contribution is 2.24. The molecule has 3 aromatic carbocycles. The van der Waals surface area contributed by atoms with Crippen LogP contribution in [-0.2, 0) is 0 Å². The molecule has 4 aromatic rings. The number of rotatable bonds is 3. The standard InChI is InChI=1S/C21H16ClFN4O/c1-12-3-4-14(10-17(12)22)21(28)24-18-11-20-19(9-13(18)2)25-27(26-20)16-7-5-15(23)6-8-16/h3-11H,1-2H3,(H,24,28). The van der Waals surface area contributed by atoms with Gasteiger partial charge < -0.3 is 5.32 Å². The van der Waals surface area contributed by atoms with Crippen molar-refractivity contribution in [3.05, 3.63) is 82.1 Å². The molecule has 1 aromatic heterocycles. The number of nitrogens with one attached hydrogen (secondary N) is 1. The average Bonchev–Trinajstić information content (AvgIpc) is 3.07. The van der Waals surface area contributed by atoms with Crippen molar-refractivity contribution < 1.29 is 9.18 Å². The van der Waals surface area contributed by atoms with Gasteiger partial charge in [0.25, 0.3) is 5.91 Å².